The van der Waals surface area contributed by atoms with Crippen LogP contribution in [0.1, 0.15) is 71.1 Å². The Kier molecular flexibility index (Phi) is 7.21. The second kappa shape index (κ2) is 8.50. The zero-order chi connectivity index (χ0) is 19.3. The molecule has 140 valence electrons. The van der Waals surface area contributed by atoms with Gasteiger partial charge in [0.05, 0.1) is 12.8 Å². The number of benzene rings is 1. The van der Waals surface area contributed by atoms with Crippen LogP contribution in [0.15, 0.2) is 18.2 Å². The van der Waals surface area contributed by atoms with Crippen LogP contribution >= 0.6 is 0 Å². The van der Waals surface area contributed by atoms with Crippen molar-refractivity contribution >= 4 is 11.9 Å². The van der Waals surface area contributed by atoms with Crippen LogP contribution in [0.2, 0.25) is 0 Å². The maximum absolute atomic E-state index is 12.0. The molecule has 1 aromatic carbocycles. The molecule has 0 atom stereocenters. The number of carbonyl (C=O) groups excluding carboxylic acids is 2. The van der Waals surface area contributed by atoms with E-state index in [4.69, 9.17) is 9.47 Å². The van der Waals surface area contributed by atoms with Gasteiger partial charge in [-0.25, -0.2) is 0 Å². The highest BCUT2D eigenvalue weighted by atomic mass is 16.5. The number of carbonyl (C=O) groups is 2. The number of aryl methyl sites for hydroxylation is 1. The lowest BCUT2D eigenvalue weighted by Gasteiger charge is -2.19. The van der Waals surface area contributed by atoms with Crippen molar-refractivity contribution in [2.45, 2.75) is 74.5 Å². The minimum absolute atomic E-state index is 0.102. The van der Waals surface area contributed by atoms with Crippen molar-refractivity contribution in [2.75, 3.05) is 0 Å². The fraction of sp³-hybridized carbons (Fsp3) is 0.619. The molecule has 0 spiro atoms. The summed E-state index contributed by atoms with van der Waals surface area (Å²) in [4.78, 5) is 23.9. The van der Waals surface area contributed by atoms with E-state index in [2.05, 4.69) is 0 Å². The SMILES string of the molecule is Cc1cccc(COC(=O)CC(C)(C)C)c1COC(=O)CC(C)(C)C. The quantitative estimate of drug-likeness (QED) is 0.682. The summed E-state index contributed by atoms with van der Waals surface area (Å²) < 4.78 is 10.8. The normalized spacial score (nSPS) is 12.0. The van der Waals surface area contributed by atoms with Crippen molar-refractivity contribution in [1.82, 2.24) is 0 Å². The van der Waals surface area contributed by atoms with Crippen LogP contribution in [0, 0.1) is 17.8 Å². The van der Waals surface area contributed by atoms with Crippen LogP contribution < -0.4 is 0 Å². The van der Waals surface area contributed by atoms with Crippen molar-refractivity contribution in [1.29, 1.82) is 0 Å². The summed E-state index contributed by atoms with van der Waals surface area (Å²) in [6.45, 7) is 14.4. The maximum atomic E-state index is 12.0. The third-order valence-electron chi connectivity index (χ3n) is 3.62. The van der Waals surface area contributed by atoms with Crippen LogP contribution in [0.4, 0.5) is 0 Å². The molecule has 4 nitrogen and oxygen atoms in total. The Morgan fingerprint density at radius 2 is 1.32 bits per heavy atom. The molecule has 0 radical (unpaired) electrons. The van der Waals surface area contributed by atoms with Gasteiger partial charge >= 0.3 is 11.9 Å². The summed E-state index contributed by atoms with van der Waals surface area (Å²) in [5.74, 6) is -0.434. The summed E-state index contributed by atoms with van der Waals surface area (Å²) in [5.41, 5.74) is 2.61. The molecule has 0 N–H and O–H groups in total. The molecule has 0 aromatic heterocycles. The van der Waals surface area contributed by atoms with Gasteiger partial charge in [0.2, 0.25) is 0 Å². The lowest BCUT2D eigenvalue weighted by Crippen LogP contribution is -2.17. The van der Waals surface area contributed by atoms with Crippen molar-refractivity contribution in [3.8, 4) is 0 Å². The highest BCUT2D eigenvalue weighted by Crippen LogP contribution is 2.22. The van der Waals surface area contributed by atoms with E-state index in [9.17, 15) is 9.59 Å². The van der Waals surface area contributed by atoms with Crippen LogP contribution in [0.25, 0.3) is 0 Å². The van der Waals surface area contributed by atoms with Crippen molar-refractivity contribution in [3.63, 3.8) is 0 Å². The van der Waals surface area contributed by atoms with Crippen molar-refractivity contribution in [3.05, 3.63) is 34.9 Å². The maximum Gasteiger partial charge on any atom is 0.306 e. The van der Waals surface area contributed by atoms with Gasteiger partial charge in [0, 0.05) is 0 Å². The highest BCUT2D eigenvalue weighted by molar-refractivity contribution is 5.70. The lowest BCUT2D eigenvalue weighted by atomic mass is 9.92. The Balaban J connectivity index is 2.72. The van der Waals surface area contributed by atoms with Crippen LogP contribution in [0.3, 0.4) is 0 Å². The lowest BCUT2D eigenvalue weighted by molar-refractivity contribution is -0.148. The van der Waals surface area contributed by atoms with E-state index >= 15 is 0 Å². The van der Waals surface area contributed by atoms with E-state index in [1.807, 2.05) is 66.7 Å². The van der Waals surface area contributed by atoms with Crippen LogP contribution in [0.5, 0.6) is 0 Å². The zero-order valence-electron chi connectivity index (χ0n) is 16.7. The van der Waals surface area contributed by atoms with Gasteiger partial charge < -0.3 is 9.47 Å². The first kappa shape index (κ1) is 21.2. The first-order valence-corrected chi connectivity index (χ1v) is 8.76. The molecule has 1 rings (SSSR count). The first-order chi connectivity index (χ1) is 11.4. The molecule has 0 aliphatic heterocycles. The predicted molar refractivity (Wildman–Crippen MR) is 98.9 cm³/mol. The van der Waals surface area contributed by atoms with Gasteiger partial charge in [-0.2, -0.15) is 0 Å². The number of rotatable bonds is 6. The zero-order valence-corrected chi connectivity index (χ0v) is 16.7. The number of esters is 2. The average Bonchev–Trinajstić information content (AvgIpc) is 2.40. The molecule has 1 aromatic rings. The Morgan fingerprint density at radius 3 is 1.80 bits per heavy atom. The summed E-state index contributed by atoms with van der Waals surface area (Å²) >= 11 is 0. The molecule has 0 fully saturated rings. The average molecular weight is 348 g/mol. The molecule has 25 heavy (non-hydrogen) atoms. The summed E-state index contributed by atoms with van der Waals surface area (Å²) in [6, 6.07) is 5.79. The number of ether oxygens (including phenoxy) is 2. The predicted octanol–water partition coefficient (Wildman–Crippen LogP) is 4.95. The molecule has 0 aliphatic carbocycles. The number of hydrogen-bond acceptors (Lipinski definition) is 4. The second-order valence-corrected chi connectivity index (χ2v) is 9.01. The van der Waals surface area contributed by atoms with Crippen LogP contribution in [-0.4, -0.2) is 11.9 Å². The van der Waals surface area contributed by atoms with E-state index in [0.29, 0.717) is 12.8 Å². The van der Waals surface area contributed by atoms with Gasteiger partial charge in [-0.05, 0) is 34.4 Å². The van der Waals surface area contributed by atoms with Crippen molar-refractivity contribution < 1.29 is 19.1 Å². The fourth-order valence-corrected chi connectivity index (χ4v) is 2.38. The largest absolute Gasteiger partial charge is 0.461 e. The Hall–Kier alpha value is -1.84. The third kappa shape index (κ3) is 8.71. The summed E-state index contributed by atoms with van der Waals surface area (Å²) in [7, 11) is 0. The smallest absolute Gasteiger partial charge is 0.306 e. The third-order valence-corrected chi connectivity index (χ3v) is 3.62. The molecule has 0 heterocycles. The highest BCUT2D eigenvalue weighted by Gasteiger charge is 2.19. The molecule has 4 heteroatoms. The van der Waals surface area contributed by atoms with E-state index in [1.165, 1.54) is 0 Å². The van der Waals surface area contributed by atoms with Gasteiger partial charge in [-0.3, -0.25) is 9.59 Å². The van der Waals surface area contributed by atoms with Gasteiger partial charge in [0.1, 0.15) is 13.2 Å². The molecule has 0 saturated heterocycles. The molecular formula is C21H32O4. The number of hydrogen-bond donors (Lipinski definition) is 0. The minimum atomic E-state index is -0.218. The topological polar surface area (TPSA) is 52.6 Å². The summed E-state index contributed by atoms with van der Waals surface area (Å²) in [5, 5.41) is 0. The van der Waals surface area contributed by atoms with Gasteiger partial charge in [0.25, 0.3) is 0 Å². The van der Waals surface area contributed by atoms with Gasteiger partial charge in [-0.1, -0.05) is 59.7 Å². The second-order valence-electron chi connectivity index (χ2n) is 9.01. The molecule has 0 saturated carbocycles. The molecule has 0 bridgehead atoms. The Labute approximate surface area is 151 Å². The van der Waals surface area contributed by atoms with E-state index in [1.54, 1.807) is 0 Å². The van der Waals surface area contributed by atoms with Gasteiger partial charge in [-0.15, -0.1) is 0 Å². The minimum Gasteiger partial charge on any atom is -0.461 e. The molecule has 0 amide bonds. The Bertz CT molecular complexity index is 603. The molecular weight excluding hydrogens is 316 g/mol. The van der Waals surface area contributed by atoms with Gasteiger partial charge in [0.15, 0.2) is 0 Å². The van der Waals surface area contributed by atoms with Crippen molar-refractivity contribution in [2.24, 2.45) is 10.8 Å². The monoisotopic (exact) mass is 348 g/mol. The van der Waals surface area contributed by atoms with E-state index in [0.717, 1.165) is 16.7 Å². The first-order valence-electron chi connectivity index (χ1n) is 8.76. The fourth-order valence-electron chi connectivity index (χ4n) is 2.38. The summed E-state index contributed by atoms with van der Waals surface area (Å²) in [6.07, 6.45) is 0.740. The molecule has 0 unspecified atom stereocenters. The molecule has 0 aliphatic rings. The van der Waals surface area contributed by atoms with E-state index in [-0.39, 0.29) is 36.0 Å². The van der Waals surface area contributed by atoms with Crippen LogP contribution in [-0.2, 0) is 32.3 Å². The van der Waals surface area contributed by atoms with E-state index < -0.39 is 0 Å². The Morgan fingerprint density at radius 1 is 0.840 bits per heavy atom. The standard InChI is InChI=1S/C21H32O4/c1-15-9-8-10-16(13-24-18(22)11-20(2,3)4)17(15)14-25-19(23)12-21(5,6)7/h8-10H,11-14H2,1-7H3.